The number of morpholine rings is 1. The Labute approximate surface area is 241 Å². The van der Waals surface area contributed by atoms with Crippen LogP contribution in [0.15, 0.2) is 82.8 Å². The number of amides is 1. The standard InChI is InChI=1S/C31H31BrN2O6/c1-38-26-19-23(9-12-25(26)40-20-21-5-3-2-4-6-21)28-27(29(35)22-7-10-24(32)11-8-22)30(36)31(37)34(28)14-13-33-15-17-39-18-16-33/h2-12,19,28,35H,13-18,20H2,1H3/b29-27+. The molecular formula is C31H31BrN2O6. The van der Waals surface area contributed by atoms with Gasteiger partial charge in [-0.15, -0.1) is 0 Å². The largest absolute Gasteiger partial charge is 0.507 e. The van der Waals surface area contributed by atoms with E-state index < -0.39 is 17.7 Å². The van der Waals surface area contributed by atoms with Crippen LogP contribution in [0.5, 0.6) is 11.5 Å². The van der Waals surface area contributed by atoms with E-state index in [0.717, 1.165) is 23.1 Å². The predicted molar refractivity (Wildman–Crippen MR) is 154 cm³/mol. The maximum absolute atomic E-state index is 13.4. The fourth-order valence-electron chi connectivity index (χ4n) is 5.00. The maximum atomic E-state index is 13.4. The maximum Gasteiger partial charge on any atom is 0.295 e. The minimum Gasteiger partial charge on any atom is -0.507 e. The first-order valence-corrected chi connectivity index (χ1v) is 13.9. The molecule has 2 heterocycles. The summed E-state index contributed by atoms with van der Waals surface area (Å²) in [5.41, 5.74) is 2.16. The number of rotatable bonds is 9. The second-order valence-electron chi connectivity index (χ2n) is 9.64. The van der Waals surface area contributed by atoms with Crippen LogP contribution in [-0.2, 0) is 20.9 Å². The van der Waals surface area contributed by atoms with Gasteiger partial charge in [0.05, 0.1) is 31.9 Å². The number of ketones is 1. The molecule has 8 nitrogen and oxygen atoms in total. The van der Waals surface area contributed by atoms with E-state index in [1.54, 1.807) is 48.4 Å². The lowest BCUT2D eigenvalue weighted by atomic mass is 9.95. The number of hydrogen-bond acceptors (Lipinski definition) is 7. The summed E-state index contributed by atoms with van der Waals surface area (Å²) >= 11 is 3.40. The van der Waals surface area contributed by atoms with Crippen LogP contribution in [0.4, 0.5) is 0 Å². The molecular weight excluding hydrogens is 576 g/mol. The van der Waals surface area contributed by atoms with Crippen molar-refractivity contribution < 1.29 is 28.9 Å². The Bertz CT molecular complexity index is 1390. The molecule has 2 aliphatic rings. The van der Waals surface area contributed by atoms with E-state index in [4.69, 9.17) is 14.2 Å². The molecule has 0 radical (unpaired) electrons. The van der Waals surface area contributed by atoms with Gasteiger partial charge in [0.15, 0.2) is 11.5 Å². The molecule has 9 heteroatoms. The van der Waals surface area contributed by atoms with Gasteiger partial charge in [-0.25, -0.2) is 0 Å². The first kappa shape index (κ1) is 27.9. The van der Waals surface area contributed by atoms with Crippen molar-refractivity contribution in [2.45, 2.75) is 12.6 Å². The van der Waals surface area contributed by atoms with Crippen LogP contribution in [0.25, 0.3) is 5.76 Å². The van der Waals surface area contributed by atoms with Crippen molar-refractivity contribution in [2.24, 2.45) is 0 Å². The van der Waals surface area contributed by atoms with Gasteiger partial charge in [0, 0.05) is 36.2 Å². The van der Waals surface area contributed by atoms with Gasteiger partial charge in [-0.3, -0.25) is 14.5 Å². The summed E-state index contributed by atoms with van der Waals surface area (Å²) in [6.45, 7) is 4.05. The number of aliphatic hydroxyl groups excluding tert-OH is 1. The van der Waals surface area contributed by atoms with Crippen molar-refractivity contribution in [1.29, 1.82) is 0 Å². The average Bonchev–Trinajstić information content (AvgIpc) is 3.25. The number of aliphatic hydroxyl groups is 1. The van der Waals surface area contributed by atoms with E-state index in [1.807, 2.05) is 36.4 Å². The highest BCUT2D eigenvalue weighted by molar-refractivity contribution is 9.10. The van der Waals surface area contributed by atoms with Gasteiger partial charge in [-0.2, -0.15) is 0 Å². The third-order valence-corrected chi connectivity index (χ3v) is 7.69. The zero-order valence-corrected chi connectivity index (χ0v) is 23.8. The fraction of sp³-hybridized carbons (Fsp3) is 0.290. The third kappa shape index (κ3) is 6.06. The van der Waals surface area contributed by atoms with Gasteiger partial charge < -0.3 is 24.2 Å². The van der Waals surface area contributed by atoms with Crippen LogP contribution in [0.2, 0.25) is 0 Å². The second-order valence-corrected chi connectivity index (χ2v) is 10.6. The fourth-order valence-corrected chi connectivity index (χ4v) is 5.27. The van der Waals surface area contributed by atoms with Gasteiger partial charge in [-0.1, -0.05) is 64.5 Å². The molecule has 208 valence electrons. The molecule has 0 saturated carbocycles. The Hall–Kier alpha value is -3.66. The quantitative estimate of drug-likeness (QED) is 0.213. The highest BCUT2D eigenvalue weighted by Gasteiger charge is 2.46. The lowest BCUT2D eigenvalue weighted by molar-refractivity contribution is -0.140. The van der Waals surface area contributed by atoms with Crippen LogP contribution in [-0.4, -0.2) is 73.1 Å². The van der Waals surface area contributed by atoms with Crippen molar-refractivity contribution in [3.63, 3.8) is 0 Å². The lowest BCUT2D eigenvalue weighted by Gasteiger charge is -2.31. The first-order valence-electron chi connectivity index (χ1n) is 13.2. The highest BCUT2D eigenvalue weighted by atomic mass is 79.9. The number of Topliss-reactive ketones (excluding diaryl/α,β-unsaturated/α-hetero) is 1. The SMILES string of the molecule is COc1cc(C2/C(=C(\O)c3ccc(Br)cc3)C(=O)C(=O)N2CCN2CCOCC2)ccc1OCc1ccccc1. The van der Waals surface area contributed by atoms with Crippen LogP contribution in [0, 0.1) is 0 Å². The van der Waals surface area contributed by atoms with Crippen molar-refractivity contribution in [3.05, 3.63) is 99.5 Å². The first-order chi connectivity index (χ1) is 19.5. The number of methoxy groups -OCH3 is 1. The molecule has 0 bridgehead atoms. The normalized spacial score (nSPS) is 19.1. The van der Waals surface area contributed by atoms with E-state index in [2.05, 4.69) is 20.8 Å². The summed E-state index contributed by atoms with van der Waals surface area (Å²) < 4.78 is 18.0. The summed E-state index contributed by atoms with van der Waals surface area (Å²) in [6, 6.07) is 21.3. The number of carbonyl (C=O) groups excluding carboxylic acids is 2. The zero-order valence-electron chi connectivity index (χ0n) is 22.2. The second kappa shape index (κ2) is 12.7. The van der Waals surface area contributed by atoms with E-state index in [9.17, 15) is 14.7 Å². The van der Waals surface area contributed by atoms with Crippen LogP contribution < -0.4 is 9.47 Å². The van der Waals surface area contributed by atoms with Crippen molar-refractivity contribution in [2.75, 3.05) is 46.5 Å². The molecule has 3 aromatic rings. The molecule has 2 aliphatic heterocycles. The van der Waals surface area contributed by atoms with E-state index in [1.165, 1.54) is 0 Å². The van der Waals surface area contributed by atoms with E-state index in [0.29, 0.717) is 55.5 Å². The van der Waals surface area contributed by atoms with Crippen LogP contribution in [0.1, 0.15) is 22.7 Å². The average molecular weight is 608 g/mol. The molecule has 2 saturated heterocycles. The number of benzene rings is 3. The third-order valence-electron chi connectivity index (χ3n) is 7.16. The smallest absolute Gasteiger partial charge is 0.295 e. The molecule has 5 rings (SSSR count). The van der Waals surface area contributed by atoms with Crippen LogP contribution >= 0.6 is 15.9 Å². The van der Waals surface area contributed by atoms with Gasteiger partial charge >= 0.3 is 0 Å². The molecule has 0 spiro atoms. The summed E-state index contributed by atoms with van der Waals surface area (Å²) in [6.07, 6.45) is 0. The molecule has 0 aromatic heterocycles. The highest BCUT2D eigenvalue weighted by Crippen LogP contribution is 2.42. The summed E-state index contributed by atoms with van der Waals surface area (Å²) in [7, 11) is 1.55. The molecule has 0 aliphatic carbocycles. The summed E-state index contributed by atoms with van der Waals surface area (Å²) in [5, 5.41) is 11.3. The molecule has 3 aromatic carbocycles. The minimum absolute atomic E-state index is 0.0503. The molecule has 2 fully saturated rings. The summed E-state index contributed by atoms with van der Waals surface area (Å²) in [5.74, 6) is -0.562. The molecule has 1 atom stereocenters. The molecule has 40 heavy (non-hydrogen) atoms. The minimum atomic E-state index is -0.790. The lowest BCUT2D eigenvalue weighted by Crippen LogP contribution is -2.42. The van der Waals surface area contributed by atoms with Gasteiger partial charge in [0.1, 0.15) is 12.4 Å². The molecule has 1 amide bonds. The van der Waals surface area contributed by atoms with Crippen molar-refractivity contribution in [3.8, 4) is 11.5 Å². The Balaban J connectivity index is 1.50. The number of hydrogen-bond donors (Lipinski definition) is 1. The molecule has 1 N–H and O–H groups in total. The monoisotopic (exact) mass is 606 g/mol. The van der Waals surface area contributed by atoms with E-state index in [-0.39, 0.29) is 11.3 Å². The van der Waals surface area contributed by atoms with E-state index >= 15 is 0 Å². The Kier molecular flexibility index (Phi) is 8.84. The summed E-state index contributed by atoms with van der Waals surface area (Å²) in [4.78, 5) is 30.5. The number of halogens is 1. The van der Waals surface area contributed by atoms with Crippen molar-refractivity contribution >= 4 is 33.4 Å². The van der Waals surface area contributed by atoms with Gasteiger partial charge in [-0.05, 0) is 35.4 Å². The number of carbonyl (C=O) groups is 2. The van der Waals surface area contributed by atoms with Gasteiger partial charge in [0.2, 0.25) is 0 Å². The molecule has 1 unspecified atom stereocenters. The van der Waals surface area contributed by atoms with Crippen molar-refractivity contribution in [1.82, 2.24) is 9.80 Å². The van der Waals surface area contributed by atoms with Crippen LogP contribution in [0.3, 0.4) is 0 Å². The van der Waals surface area contributed by atoms with Gasteiger partial charge in [0.25, 0.3) is 11.7 Å². The predicted octanol–water partition coefficient (Wildman–Crippen LogP) is 4.79. The Morgan fingerprint density at radius 2 is 1.70 bits per heavy atom. The number of likely N-dealkylation sites (tertiary alicyclic amines) is 1. The topological polar surface area (TPSA) is 88.5 Å². The Morgan fingerprint density at radius 3 is 2.40 bits per heavy atom. The number of ether oxygens (including phenoxy) is 3. The zero-order chi connectivity index (χ0) is 28.1. The Morgan fingerprint density at radius 1 is 0.975 bits per heavy atom. The number of nitrogens with zero attached hydrogens (tertiary/aromatic N) is 2.